The molecule has 1 saturated carbocycles. The molecule has 0 spiro atoms. The maximum atomic E-state index is 3.80. The van der Waals surface area contributed by atoms with E-state index in [4.69, 9.17) is 0 Å². The topological polar surface area (TPSA) is 12.0 Å². The Morgan fingerprint density at radius 3 is 2.38 bits per heavy atom. The third kappa shape index (κ3) is 5.34. The fraction of sp³-hybridized carbons (Fsp3) is 1.00. The van der Waals surface area contributed by atoms with Crippen LogP contribution < -0.4 is 5.32 Å². The van der Waals surface area contributed by atoms with Crippen molar-refractivity contribution in [1.29, 1.82) is 0 Å². The number of hydrogen-bond acceptors (Lipinski definition) is 1. The van der Waals surface area contributed by atoms with E-state index in [2.05, 4.69) is 26.1 Å². The second-order valence-corrected chi connectivity index (χ2v) is 5.75. The summed E-state index contributed by atoms with van der Waals surface area (Å²) >= 11 is 0. The number of hydrogen-bond donors (Lipinski definition) is 1. The lowest BCUT2D eigenvalue weighted by Crippen LogP contribution is -2.38. The van der Waals surface area contributed by atoms with Gasteiger partial charge in [-0.3, -0.25) is 0 Å². The highest BCUT2D eigenvalue weighted by Crippen LogP contribution is 2.27. The molecule has 0 aromatic carbocycles. The molecule has 0 aliphatic heterocycles. The van der Waals surface area contributed by atoms with Gasteiger partial charge in [0.05, 0.1) is 0 Å². The van der Waals surface area contributed by atoms with E-state index in [-0.39, 0.29) is 0 Å². The van der Waals surface area contributed by atoms with Gasteiger partial charge in [-0.1, -0.05) is 45.4 Å². The largest absolute Gasteiger partial charge is 0.312 e. The van der Waals surface area contributed by atoms with Crippen molar-refractivity contribution < 1.29 is 0 Å². The third-order valence-electron chi connectivity index (χ3n) is 4.15. The zero-order valence-corrected chi connectivity index (χ0v) is 11.6. The summed E-state index contributed by atoms with van der Waals surface area (Å²) in [5, 5.41) is 3.80. The molecule has 1 aliphatic rings. The maximum Gasteiger partial charge on any atom is 0.00694 e. The van der Waals surface area contributed by atoms with Gasteiger partial charge in [0.2, 0.25) is 0 Å². The van der Waals surface area contributed by atoms with Gasteiger partial charge < -0.3 is 5.32 Å². The van der Waals surface area contributed by atoms with Crippen molar-refractivity contribution in [3.63, 3.8) is 0 Å². The predicted molar refractivity (Wildman–Crippen MR) is 72.8 cm³/mol. The van der Waals surface area contributed by atoms with Crippen LogP contribution in [0, 0.1) is 5.92 Å². The molecule has 1 nitrogen and oxygen atoms in total. The van der Waals surface area contributed by atoms with E-state index in [0.29, 0.717) is 6.04 Å². The molecule has 0 saturated heterocycles. The van der Waals surface area contributed by atoms with Gasteiger partial charge >= 0.3 is 0 Å². The molecule has 0 radical (unpaired) electrons. The minimum absolute atomic E-state index is 0.715. The molecule has 2 atom stereocenters. The second-order valence-electron chi connectivity index (χ2n) is 5.75. The third-order valence-corrected chi connectivity index (χ3v) is 4.15. The molecule has 1 aliphatic carbocycles. The van der Waals surface area contributed by atoms with Crippen LogP contribution in [0.15, 0.2) is 0 Å². The monoisotopic (exact) mass is 225 g/mol. The Morgan fingerprint density at radius 1 is 1.06 bits per heavy atom. The van der Waals surface area contributed by atoms with E-state index in [9.17, 15) is 0 Å². The van der Waals surface area contributed by atoms with Crippen molar-refractivity contribution >= 4 is 0 Å². The van der Waals surface area contributed by atoms with Crippen LogP contribution in [-0.4, -0.2) is 12.1 Å². The Morgan fingerprint density at radius 2 is 1.75 bits per heavy atom. The van der Waals surface area contributed by atoms with E-state index in [0.717, 1.165) is 12.0 Å². The number of nitrogens with one attached hydrogen (secondary N) is 1. The minimum atomic E-state index is 0.715. The summed E-state index contributed by atoms with van der Waals surface area (Å²) in [5.41, 5.74) is 0. The van der Waals surface area contributed by atoms with Crippen LogP contribution >= 0.6 is 0 Å². The molecule has 96 valence electrons. The molecule has 1 heteroatoms. The lowest BCUT2D eigenvalue weighted by molar-refractivity contribution is 0.337. The van der Waals surface area contributed by atoms with Crippen LogP contribution in [0.1, 0.15) is 78.6 Å². The standard InChI is InChI=1S/C15H31N/c1-4-5-6-7-10-13(2)16-14(3)15-11-8-9-12-15/h13-16H,4-12H2,1-3H3. The first-order chi connectivity index (χ1) is 7.74. The Balaban J connectivity index is 2.05. The highest BCUT2D eigenvalue weighted by atomic mass is 14.9. The van der Waals surface area contributed by atoms with Gasteiger partial charge in [-0.15, -0.1) is 0 Å². The van der Waals surface area contributed by atoms with Crippen LogP contribution in [0.2, 0.25) is 0 Å². The van der Waals surface area contributed by atoms with Gasteiger partial charge in [-0.05, 0) is 39.0 Å². The number of unbranched alkanes of at least 4 members (excludes halogenated alkanes) is 3. The summed E-state index contributed by atoms with van der Waals surface area (Å²) in [5.74, 6) is 0.957. The van der Waals surface area contributed by atoms with Gasteiger partial charge in [-0.2, -0.15) is 0 Å². The predicted octanol–water partition coefficient (Wildman–Crippen LogP) is 4.51. The zero-order valence-electron chi connectivity index (χ0n) is 11.6. The van der Waals surface area contributed by atoms with E-state index in [1.54, 1.807) is 0 Å². The summed E-state index contributed by atoms with van der Waals surface area (Å²) in [7, 11) is 0. The van der Waals surface area contributed by atoms with E-state index in [1.165, 1.54) is 57.8 Å². The van der Waals surface area contributed by atoms with Crippen molar-refractivity contribution in [2.45, 2.75) is 90.6 Å². The van der Waals surface area contributed by atoms with Crippen LogP contribution in [0.4, 0.5) is 0 Å². The molecule has 2 unspecified atom stereocenters. The first kappa shape index (κ1) is 14.0. The van der Waals surface area contributed by atoms with E-state index < -0.39 is 0 Å². The minimum Gasteiger partial charge on any atom is -0.312 e. The van der Waals surface area contributed by atoms with Crippen LogP contribution in [0.5, 0.6) is 0 Å². The molecule has 1 rings (SSSR count). The van der Waals surface area contributed by atoms with Gasteiger partial charge in [0.15, 0.2) is 0 Å². The normalized spacial score (nSPS) is 21.2. The van der Waals surface area contributed by atoms with Gasteiger partial charge in [0, 0.05) is 12.1 Å². The summed E-state index contributed by atoms with van der Waals surface area (Å²) in [6, 6.07) is 1.45. The van der Waals surface area contributed by atoms with Gasteiger partial charge in [0.25, 0.3) is 0 Å². The number of rotatable bonds is 8. The Kier molecular flexibility index (Phi) is 7.11. The molecule has 1 N–H and O–H groups in total. The fourth-order valence-electron chi connectivity index (χ4n) is 3.00. The lowest BCUT2D eigenvalue weighted by Gasteiger charge is -2.24. The van der Waals surface area contributed by atoms with Gasteiger partial charge in [-0.25, -0.2) is 0 Å². The van der Waals surface area contributed by atoms with Crippen LogP contribution in [0.25, 0.3) is 0 Å². The van der Waals surface area contributed by atoms with Crippen molar-refractivity contribution in [3.05, 3.63) is 0 Å². The summed E-state index contributed by atoms with van der Waals surface area (Å²) < 4.78 is 0. The average molecular weight is 225 g/mol. The van der Waals surface area contributed by atoms with Crippen LogP contribution in [0.3, 0.4) is 0 Å². The molecule has 1 fully saturated rings. The first-order valence-corrected chi connectivity index (χ1v) is 7.50. The first-order valence-electron chi connectivity index (χ1n) is 7.50. The Bertz CT molecular complexity index is 161. The molecule has 0 bridgehead atoms. The smallest absolute Gasteiger partial charge is 0.00694 e. The quantitative estimate of drug-likeness (QED) is 0.599. The Hall–Kier alpha value is -0.0400. The SMILES string of the molecule is CCCCCCC(C)NC(C)C1CCCC1. The summed E-state index contributed by atoms with van der Waals surface area (Å²) in [4.78, 5) is 0. The van der Waals surface area contributed by atoms with Gasteiger partial charge in [0.1, 0.15) is 0 Å². The van der Waals surface area contributed by atoms with Crippen molar-refractivity contribution in [3.8, 4) is 0 Å². The lowest BCUT2D eigenvalue weighted by atomic mass is 9.98. The maximum absolute atomic E-state index is 3.80. The molecule has 0 amide bonds. The second kappa shape index (κ2) is 8.11. The van der Waals surface area contributed by atoms with Crippen LogP contribution in [-0.2, 0) is 0 Å². The van der Waals surface area contributed by atoms with Crippen molar-refractivity contribution in [2.24, 2.45) is 5.92 Å². The highest BCUT2D eigenvalue weighted by Gasteiger charge is 2.22. The Labute approximate surface area is 102 Å². The molecular formula is C15H31N. The molecular weight excluding hydrogens is 194 g/mol. The zero-order chi connectivity index (χ0) is 11.8. The average Bonchev–Trinajstić information content (AvgIpc) is 2.77. The summed E-state index contributed by atoms with van der Waals surface area (Å²) in [6.07, 6.45) is 12.8. The van der Waals surface area contributed by atoms with Crippen molar-refractivity contribution in [2.75, 3.05) is 0 Å². The van der Waals surface area contributed by atoms with Crippen molar-refractivity contribution in [1.82, 2.24) is 5.32 Å². The fourth-order valence-corrected chi connectivity index (χ4v) is 3.00. The molecule has 0 aromatic rings. The molecule has 0 aromatic heterocycles. The summed E-state index contributed by atoms with van der Waals surface area (Å²) in [6.45, 7) is 7.03. The van der Waals surface area contributed by atoms with E-state index >= 15 is 0 Å². The van der Waals surface area contributed by atoms with E-state index in [1.807, 2.05) is 0 Å². The molecule has 0 heterocycles. The highest BCUT2D eigenvalue weighted by molar-refractivity contribution is 4.79. The molecule has 16 heavy (non-hydrogen) atoms.